The molecule has 0 heterocycles. The van der Waals surface area contributed by atoms with Crippen molar-refractivity contribution in [2.24, 2.45) is 5.41 Å². The average molecular weight is 198 g/mol. The van der Waals surface area contributed by atoms with E-state index in [1.165, 1.54) is 0 Å². The molecule has 0 fully saturated rings. The van der Waals surface area contributed by atoms with Crippen molar-refractivity contribution in [1.82, 2.24) is 0 Å². The summed E-state index contributed by atoms with van der Waals surface area (Å²) in [6, 6.07) is 0. The summed E-state index contributed by atoms with van der Waals surface area (Å²) in [6.07, 6.45) is 1.42. The van der Waals surface area contributed by atoms with E-state index in [0.29, 0.717) is 12.8 Å². The second-order valence-electron chi connectivity index (χ2n) is 4.41. The van der Waals surface area contributed by atoms with Crippen LogP contribution >= 0.6 is 0 Å². The molecule has 0 unspecified atom stereocenters. The zero-order valence-corrected chi connectivity index (χ0v) is 8.33. The standard InChI is InChI=1S/C10H14O4/c1-10(2)4-3-6(8(11)12)7(5-10)9(13)14/h3-5H2,1-2H3,(H,11,12)(H,13,14). The molecule has 0 saturated heterocycles. The summed E-state index contributed by atoms with van der Waals surface area (Å²) in [5.41, 5.74) is 0.0257. The molecule has 0 amide bonds. The van der Waals surface area contributed by atoms with E-state index in [2.05, 4.69) is 0 Å². The third-order valence-electron chi connectivity index (χ3n) is 2.59. The lowest BCUT2D eigenvalue weighted by Crippen LogP contribution is -2.25. The van der Waals surface area contributed by atoms with Crippen molar-refractivity contribution in [2.75, 3.05) is 0 Å². The highest BCUT2D eigenvalue weighted by Crippen LogP contribution is 2.38. The smallest absolute Gasteiger partial charge is 0.332 e. The van der Waals surface area contributed by atoms with Gasteiger partial charge in [-0.05, 0) is 24.7 Å². The second kappa shape index (κ2) is 3.44. The van der Waals surface area contributed by atoms with Crippen LogP contribution < -0.4 is 0 Å². The van der Waals surface area contributed by atoms with Gasteiger partial charge in [-0.25, -0.2) is 9.59 Å². The summed E-state index contributed by atoms with van der Waals surface area (Å²) in [6.45, 7) is 3.91. The minimum absolute atomic E-state index is 0.0637. The van der Waals surface area contributed by atoms with Crippen molar-refractivity contribution in [3.63, 3.8) is 0 Å². The van der Waals surface area contributed by atoms with Gasteiger partial charge < -0.3 is 10.2 Å². The Bertz CT molecular complexity index is 312. The summed E-state index contributed by atoms with van der Waals surface area (Å²) >= 11 is 0. The fourth-order valence-electron chi connectivity index (χ4n) is 1.73. The van der Waals surface area contributed by atoms with Gasteiger partial charge in [0.1, 0.15) is 0 Å². The molecule has 0 atom stereocenters. The maximum Gasteiger partial charge on any atom is 0.332 e. The van der Waals surface area contributed by atoms with Gasteiger partial charge in [-0.1, -0.05) is 13.8 Å². The largest absolute Gasteiger partial charge is 0.478 e. The van der Waals surface area contributed by atoms with E-state index >= 15 is 0 Å². The lowest BCUT2D eigenvalue weighted by atomic mass is 9.74. The van der Waals surface area contributed by atoms with Gasteiger partial charge in [0.25, 0.3) is 0 Å². The molecule has 2 N–H and O–H groups in total. The number of rotatable bonds is 2. The Morgan fingerprint density at radius 2 is 1.64 bits per heavy atom. The van der Waals surface area contributed by atoms with Crippen LogP contribution in [-0.4, -0.2) is 22.2 Å². The molecule has 0 saturated carbocycles. The predicted molar refractivity (Wildman–Crippen MR) is 49.9 cm³/mol. The van der Waals surface area contributed by atoms with Gasteiger partial charge in [-0.2, -0.15) is 0 Å². The van der Waals surface area contributed by atoms with Gasteiger partial charge >= 0.3 is 11.9 Å². The molecule has 14 heavy (non-hydrogen) atoms. The zero-order chi connectivity index (χ0) is 10.9. The summed E-state index contributed by atoms with van der Waals surface area (Å²) in [5, 5.41) is 17.7. The van der Waals surface area contributed by atoms with E-state index < -0.39 is 11.9 Å². The molecule has 0 aromatic rings. The lowest BCUT2D eigenvalue weighted by molar-refractivity contribution is -0.136. The molecule has 1 rings (SSSR count). The van der Waals surface area contributed by atoms with Gasteiger partial charge in [0.15, 0.2) is 0 Å². The zero-order valence-electron chi connectivity index (χ0n) is 8.33. The Balaban J connectivity index is 3.08. The van der Waals surface area contributed by atoms with Crippen LogP contribution in [-0.2, 0) is 9.59 Å². The topological polar surface area (TPSA) is 74.6 Å². The van der Waals surface area contributed by atoms with Gasteiger partial charge in [-0.3, -0.25) is 0 Å². The van der Waals surface area contributed by atoms with Crippen LogP contribution in [0.25, 0.3) is 0 Å². The molecule has 0 spiro atoms. The van der Waals surface area contributed by atoms with Crippen LogP contribution in [0.15, 0.2) is 11.1 Å². The summed E-state index contributed by atoms with van der Waals surface area (Å²) in [4.78, 5) is 21.6. The molecular formula is C10H14O4. The molecule has 1 aliphatic rings. The van der Waals surface area contributed by atoms with Crippen molar-refractivity contribution in [2.45, 2.75) is 33.1 Å². The minimum Gasteiger partial charge on any atom is -0.478 e. The molecular weight excluding hydrogens is 184 g/mol. The first-order valence-electron chi connectivity index (χ1n) is 4.52. The van der Waals surface area contributed by atoms with Crippen molar-refractivity contribution >= 4 is 11.9 Å². The molecule has 0 radical (unpaired) electrons. The SMILES string of the molecule is CC1(C)CCC(C(=O)O)=C(C(=O)O)C1. The van der Waals surface area contributed by atoms with Gasteiger partial charge in [0.2, 0.25) is 0 Å². The van der Waals surface area contributed by atoms with Crippen LogP contribution in [0.4, 0.5) is 0 Å². The molecule has 78 valence electrons. The molecule has 0 aromatic carbocycles. The van der Waals surface area contributed by atoms with Crippen LogP contribution in [0.3, 0.4) is 0 Å². The normalized spacial score (nSPS) is 20.7. The Hall–Kier alpha value is -1.32. The van der Waals surface area contributed by atoms with Crippen molar-refractivity contribution < 1.29 is 19.8 Å². The van der Waals surface area contributed by atoms with E-state index in [1.807, 2.05) is 13.8 Å². The maximum absolute atomic E-state index is 10.8. The van der Waals surface area contributed by atoms with E-state index in [9.17, 15) is 9.59 Å². The van der Waals surface area contributed by atoms with Crippen molar-refractivity contribution in [3.05, 3.63) is 11.1 Å². The molecule has 0 aromatic heterocycles. The third kappa shape index (κ3) is 2.13. The highest BCUT2D eigenvalue weighted by Gasteiger charge is 2.32. The summed E-state index contributed by atoms with van der Waals surface area (Å²) in [5.74, 6) is -2.20. The number of aliphatic carboxylic acids is 2. The van der Waals surface area contributed by atoms with Gasteiger partial charge in [0.05, 0.1) is 0 Å². The Morgan fingerprint density at radius 3 is 2.07 bits per heavy atom. The average Bonchev–Trinajstić information content (AvgIpc) is 2.01. The van der Waals surface area contributed by atoms with Crippen LogP contribution in [0.2, 0.25) is 0 Å². The molecule has 1 aliphatic carbocycles. The highest BCUT2D eigenvalue weighted by molar-refractivity contribution is 5.99. The van der Waals surface area contributed by atoms with E-state index in [-0.39, 0.29) is 16.6 Å². The first-order valence-corrected chi connectivity index (χ1v) is 4.52. The van der Waals surface area contributed by atoms with E-state index in [4.69, 9.17) is 10.2 Å². The van der Waals surface area contributed by atoms with Gasteiger partial charge in [0, 0.05) is 11.1 Å². The Morgan fingerprint density at radius 1 is 1.14 bits per heavy atom. The second-order valence-corrected chi connectivity index (χ2v) is 4.41. The first kappa shape index (κ1) is 10.8. The third-order valence-corrected chi connectivity index (χ3v) is 2.59. The summed E-state index contributed by atoms with van der Waals surface area (Å²) < 4.78 is 0. The van der Waals surface area contributed by atoms with E-state index in [0.717, 1.165) is 6.42 Å². The van der Waals surface area contributed by atoms with E-state index in [1.54, 1.807) is 0 Å². The van der Waals surface area contributed by atoms with Crippen LogP contribution in [0.1, 0.15) is 33.1 Å². The fraction of sp³-hybridized carbons (Fsp3) is 0.600. The maximum atomic E-state index is 10.8. The number of hydrogen-bond acceptors (Lipinski definition) is 2. The Labute approximate surface area is 82.2 Å². The van der Waals surface area contributed by atoms with Crippen molar-refractivity contribution in [3.8, 4) is 0 Å². The Kier molecular flexibility index (Phi) is 2.64. The quantitative estimate of drug-likeness (QED) is 0.707. The fourth-order valence-corrected chi connectivity index (χ4v) is 1.73. The number of hydrogen-bond donors (Lipinski definition) is 2. The molecule has 4 nitrogen and oxygen atoms in total. The predicted octanol–water partition coefficient (Wildman–Crippen LogP) is 1.66. The van der Waals surface area contributed by atoms with Gasteiger partial charge in [-0.15, -0.1) is 0 Å². The number of carboxylic acids is 2. The summed E-state index contributed by atoms with van der Waals surface area (Å²) in [7, 11) is 0. The minimum atomic E-state index is -1.10. The van der Waals surface area contributed by atoms with Crippen LogP contribution in [0, 0.1) is 5.41 Å². The molecule has 4 heteroatoms. The van der Waals surface area contributed by atoms with Crippen LogP contribution in [0.5, 0.6) is 0 Å². The monoisotopic (exact) mass is 198 g/mol. The number of carboxylic acid groups (broad SMARTS) is 2. The number of carbonyl (C=O) groups is 2. The first-order chi connectivity index (χ1) is 6.33. The van der Waals surface area contributed by atoms with Crippen molar-refractivity contribution in [1.29, 1.82) is 0 Å². The highest BCUT2D eigenvalue weighted by atomic mass is 16.4. The lowest BCUT2D eigenvalue weighted by Gasteiger charge is -2.30. The molecule has 0 aliphatic heterocycles. The molecule has 0 bridgehead atoms.